The summed E-state index contributed by atoms with van der Waals surface area (Å²) in [5.41, 5.74) is 0.762. The van der Waals surface area contributed by atoms with Gasteiger partial charge in [-0.15, -0.1) is 0 Å². The first-order valence-electron chi connectivity index (χ1n) is 5.66. The van der Waals surface area contributed by atoms with Crippen LogP contribution in [0.1, 0.15) is 5.56 Å². The molecule has 0 atom stereocenters. The molecule has 1 aromatic carbocycles. The molecule has 0 saturated carbocycles. The van der Waals surface area contributed by atoms with Crippen LogP contribution in [0.5, 0.6) is 0 Å². The Balaban J connectivity index is 1.84. The van der Waals surface area contributed by atoms with Crippen molar-refractivity contribution in [2.75, 3.05) is 12.3 Å². The van der Waals surface area contributed by atoms with Crippen LogP contribution < -0.4 is 10.6 Å². The van der Waals surface area contributed by atoms with Gasteiger partial charge in [-0.2, -0.15) is 0 Å². The molecule has 0 aromatic heterocycles. The van der Waals surface area contributed by atoms with Gasteiger partial charge in [0.05, 0.1) is 6.54 Å². The minimum Gasteiger partial charge on any atom is -0.344 e. The third kappa shape index (κ3) is 3.97. The summed E-state index contributed by atoms with van der Waals surface area (Å²) < 4.78 is 0. The minimum atomic E-state index is -0.708. The van der Waals surface area contributed by atoms with Crippen molar-refractivity contribution in [3.8, 4) is 0 Å². The van der Waals surface area contributed by atoms with Crippen molar-refractivity contribution < 1.29 is 9.59 Å². The number of nitrogens with one attached hydrogen (secondary N) is 2. The zero-order valence-corrected chi connectivity index (χ0v) is 11.6. The van der Waals surface area contributed by atoms with Gasteiger partial charge in [0.15, 0.2) is 5.17 Å². The lowest BCUT2D eigenvalue weighted by molar-refractivity contribution is -0.138. The highest BCUT2D eigenvalue weighted by molar-refractivity contribution is 8.14. The molecule has 0 unspecified atom stereocenters. The highest BCUT2D eigenvalue weighted by Gasteiger charge is 2.17. The van der Waals surface area contributed by atoms with E-state index in [4.69, 9.17) is 11.6 Å². The number of thioether (sulfide) groups is 1. The second kappa shape index (κ2) is 6.58. The topological polar surface area (TPSA) is 70.6 Å². The Bertz CT molecular complexity index is 533. The molecule has 0 fully saturated rings. The van der Waals surface area contributed by atoms with Crippen molar-refractivity contribution >= 4 is 40.3 Å². The van der Waals surface area contributed by atoms with Gasteiger partial charge in [-0.25, -0.2) is 0 Å². The average Bonchev–Trinajstić information content (AvgIpc) is 2.90. The van der Waals surface area contributed by atoms with Crippen LogP contribution in [0.25, 0.3) is 0 Å². The predicted octanol–water partition coefficient (Wildman–Crippen LogP) is 1.18. The third-order valence-corrected chi connectivity index (χ3v) is 3.67. The van der Waals surface area contributed by atoms with Gasteiger partial charge in [0.2, 0.25) is 0 Å². The average molecular weight is 298 g/mol. The first kappa shape index (κ1) is 13.9. The maximum Gasteiger partial charge on any atom is 0.315 e. The fourth-order valence-corrected chi connectivity index (χ4v) is 2.39. The molecular formula is C12H12ClN3O2S. The van der Waals surface area contributed by atoms with E-state index in [2.05, 4.69) is 15.6 Å². The smallest absolute Gasteiger partial charge is 0.315 e. The normalized spacial score (nSPS) is 13.8. The number of rotatable bonds is 2. The second-order valence-corrected chi connectivity index (χ2v) is 5.25. The van der Waals surface area contributed by atoms with E-state index >= 15 is 0 Å². The lowest BCUT2D eigenvalue weighted by atomic mass is 10.2. The van der Waals surface area contributed by atoms with Gasteiger partial charge in [0.1, 0.15) is 0 Å². The van der Waals surface area contributed by atoms with Crippen molar-refractivity contribution in [2.24, 2.45) is 4.99 Å². The number of carbonyl (C=O) groups excluding carboxylic acids is 2. The van der Waals surface area contributed by atoms with Crippen LogP contribution in [0, 0.1) is 0 Å². The highest BCUT2D eigenvalue weighted by Crippen LogP contribution is 2.14. The Morgan fingerprint density at radius 2 is 2.11 bits per heavy atom. The maximum atomic E-state index is 11.6. The molecule has 1 aromatic rings. The van der Waals surface area contributed by atoms with Gasteiger partial charge >= 0.3 is 11.8 Å². The van der Waals surface area contributed by atoms with Gasteiger partial charge in [-0.1, -0.05) is 41.6 Å². The third-order valence-electron chi connectivity index (χ3n) is 2.41. The molecule has 1 aliphatic heterocycles. The van der Waals surface area contributed by atoms with E-state index in [1.165, 1.54) is 11.8 Å². The van der Waals surface area contributed by atoms with Crippen molar-refractivity contribution in [2.45, 2.75) is 6.54 Å². The number of amidine groups is 1. The molecule has 2 rings (SSSR count). The maximum absolute atomic E-state index is 11.6. The number of hydrogen-bond donors (Lipinski definition) is 2. The molecule has 5 nitrogen and oxygen atoms in total. The van der Waals surface area contributed by atoms with Crippen LogP contribution in [0.2, 0.25) is 5.02 Å². The molecule has 1 aliphatic rings. The minimum absolute atomic E-state index is 0.214. The lowest BCUT2D eigenvalue weighted by Gasteiger charge is -2.07. The zero-order valence-electron chi connectivity index (χ0n) is 9.98. The van der Waals surface area contributed by atoms with E-state index in [1.54, 1.807) is 18.2 Å². The number of hydrogen-bond acceptors (Lipinski definition) is 4. The van der Waals surface area contributed by atoms with Gasteiger partial charge < -0.3 is 5.32 Å². The summed E-state index contributed by atoms with van der Waals surface area (Å²) in [6, 6.07) is 7.14. The summed E-state index contributed by atoms with van der Waals surface area (Å²) in [6.07, 6.45) is 0. The molecule has 2 amide bonds. The van der Waals surface area contributed by atoms with Gasteiger partial charge in [-0.05, 0) is 11.6 Å². The van der Waals surface area contributed by atoms with E-state index in [9.17, 15) is 9.59 Å². The molecule has 0 spiro atoms. The van der Waals surface area contributed by atoms with Crippen LogP contribution in [-0.2, 0) is 16.1 Å². The largest absolute Gasteiger partial charge is 0.344 e. The van der Waals surface area contributed by atoms with Crippen LogP contribution in [0.4, 0.5) is 0 Å². The Hall–Kier alpha value is -1.53. The van der Waals surface area contributed by atoms with Gasteiger partial charge in [0, 0.05) is 17.3 Å². The molecule has 0 saturated heterocycles. The van der Waals surface area contributed by atoms with Crippen molar-refractivity contribution in [1.82, 2.24) is 10.6 Å². The zero-order chi connectivity index (χ0) is 13.7. The Labute approximate surface area is 119 Å². The number of aliphatic imine (C=N–C) groups is 1. The molecule has 7 heteroatoms. The Morgan fingerprint density at radius 3 is 2.79 bits per heavy atom. The first-order valence-corrected chi connectivity index (χ1v) is 7.03. The molecule has 1 heterocycles. The van der Waals surface area contributed by atoms with Crippen LogP contribution in [0.15, 0.2) is 29.3 Å². The molecule has 2 N–H and O–H groups in total. The van der Waals surface area contributed by atoms with E-state index in [0.29, 0.717) is 16.7 Å². The predicted molar refractivity (Wildman–Crippen MR) is 76.2 cm³/mol. The molecule has 0 aliphatic carbocycles. The lowest BCUT2D eigenvalue weighted by Crippen LogP contribution is -2.41. The molecule has 100 valence electrons. The number of carbonyl (C=O) groups is 2. The molecule has 0 bridgehead atoms. The molecular weight excluding hydrogens is 286 g/mol. The first-order chi connectivity index (χ1) is 9.16. The second-order valence-electron chi connectivity index (χ2n) is 3.76. The standard InChI is InChI=1S/C12H12ClN3O2S/c13-9-4-2-1-3-8(9)7-15-10(17)11(18)16-12-14-5-6-19-12/h1-4H,5-7H2,(H,15,17)(H,14,16,18). The van der Waals surface area contributed by atoms with E-state index in [1.807, 2.05) is 6.07 Å². The fourth-order valence-electron chi connectivity index (χ4n) is 1.46. The van der Waals surface area contributed by atoms with E-state index in [-0.39, 0.29) is 6.54 Å². The summed E-state index contributed by atoms with van der Waals surface area (Å²) in [5, 5.41) is 6.02. The summed E-state index contributed by atoms with van der Waals surface area (Å²) in [5.74, 6) is -0.577. The monoisotopic (exact) mass is 297 g/mol. The summed E-state index contributed by atoms with van der Waals surface area (Å²) in [4.78, 5) is 27.2. The van der Waals surface area contributed by atoms with E-state index in [0.717, 1.165) is 11.3 Å². The summed E-state index contributed by atoms with van der Waals surface area (Å²) >= 11 is 7.37. The number of benzene rings is 1. The number of nitrogens with zero attached hydrogens (tertiary/aromatic N) is 1. The quantitative estimate of drug-likeness (QED) is 0.805. The van der Waals surface area contributed by atoms with E-state index < -0.39 is 11.8 Å². The van der Waals surface area contributed by atoms with Crippen molar-refractivity contribution in [3.63, 3.8) is 0 Å². The van der Waals surface area contributed by atoms with Crippen molar-refractivity contribution in [3.05, 3.63) is 34.9 Å². The van der Waals surface area contributed by atoms with Crippen molar-refractivity contribution in [1.29, 1.82) is 0 Å². The van der Waals surface area contributed by atoms with Gasteiger partial charge in [0.25, 0.3) is 0 Å². The van der Waals surface area contributed by atoms with Gasteiger partial charge in [-0.3, -0.25) is 19.9 Å². The molecule has 19 heavy (non-hydrogen) atoms. The summed E-state index contributed by atoms with van der Waals surface area (Å²) in [6.45, 7) is 0.882. The van der Waals surface area contributed by atoms with Crippen LogP contribution >= 0.6 is 23.4 Å². The number of amides is 2. The Kier molecular flexibility index (Phi) is 4.81. The highest BCUT2D eigenvalue weighted by atomic mass is 35.5. The number of halogens is 1. The SMILES string of the molecule is O=C(NCc1ccccc1Cl)C(=O)NC1=NCCS1. The Morgan fingerprint density at radius 1 is 1.32 bits per heavy atom. The fraction of sp³-hybridized carbons (Fsp3) is 0.250. The van der Waals surface area contributed by atoms with Crippen LogP contribution in [-0.4, -0.2) is 29.3 Å². The summed E-state index contributed by atoms with van der Waals surface area (Å²) in [7, 11) is 0. The van der Waals surface area contributed by atoms with Crippen LogP contribution in [0.3, 0.4) is 0 Å². The molecule has 0 radical (unpaired) electrons.